The number of fused-ring (bicyclic) bond motifs is 1. The summed E-state index contributed by atoms with van der Waals surface area (Å²) in [6, 6.07) is 19.4. The number of carbonyl (C=O) groups excluding carboxylic acids is 1. The second-order valence-corrected chi connectivity index (χ2v) is 8.82. The molecule has 1 heterocycles. The van der Waals surface area contributed by atoms with Gasteiger partial charge in [0.2, 0.25) is 5.91 Å². The van der Waals surface area contributed by atoms with Crippen molar-refractivity contribution in [3.05, 3.63) is 93.6 Å². The fourth-order valence-corrected chi connectivity index (χ4v) is 4.47. The van der Waals surface area contributed by atoms with E-state index in [0.29, 0.717) is 34.5 Å². The van der Waals surface area contributed by atoms with Gasteiger partial charge in [-0.2, -0.15) is 0 Å². The molecule has 1 aromatic heterocycles. The Hall–Kier alpha value is -3.15. The summed E-state index contributed by atoms with van der Waals surface area (Å²) in [5.41, 5.74) is 4.06. The van der Waals surface area contributed by atoms with E-state index in [0.717, 1.165) is 27.6 Å². The van der Waals surface area contributed by atoms with E-state index in [2.05, 4.69) is 16.4 Å². The van der Waals surface area contributed by atoms with Crippen molar-refractivity contribution >= 4 is 40.0 Å². The van der Waals surface area contributed by atoms with Crippen molar-refractivity contribution in [1.82, 2.24) is 10.3 Å². The number of halogens is 2. The lowest BCUT2D eigenvalue weighted by Gasteiger charge is -2.18. The Morgan fingerprint density at radius 3 is 2.53 bits per heavy atom. The molecule has 0 aliphatic carbocycles. The molecule has 1 amide bonds. The van der Waals surface area contributed by atoms with Crippen LogP contribution in [-0.2, 0) is 11.2 Å². The van der Waals surface area contributed by atoms with Crippen LogP contribution >= 0.6 is 23.2 Å². The third-order valence-electron chi connectivity index (χ3n) is 5.92. The van der Waals surface area contributed by atoms with E-state index < -0.39 is 0 Å². The molecule has 1 atom stereocenters. The number of nitrogens with one attached hydrogen (secondary N) is 2. The number of rotatable bonds is 9. The summed E-state index contributed by atoms with van der Waals surface area (Å²) in [5, 5.41) is 5.09. The van der Waals surface area contributed by atoms with Gasteiger partial charge in [-0.25, -0.2) is 0 Å². The zero-order valence-corrected chi connectivity index (χ0v) is 20.5. The van der Waals surface area contributed by atoms with Gasteiger partial charge < -0.3 is 19.8 Å². The van der Waals surface area contributed by atoms with Gasteiger partial charge in [-0.3, -0.25) is 4.79 Å². The van der Waals surface area contributed by atoms with E-state index >= 15 is 0 Å². The van der Waals surface area contributed by atoms with Gasteiger partial charge in [-0.15, -0.1) is 0 Å². The summed E-state index contributed by atoms with van der Waals surface area (Å²) < 4.78 is 10.7. The maximum atomic E-state index is 13.0. The van der Waals surface area contributed by atoms with Gasteiger partial charge >= 0.3 is 0 Å². The summed E-state index contributed by atoms with van der Waals surface area (Å²) in [6.45, 7) is 0.510. The molecule has 5 nitrogen and oxygen atoms in total. The average Bonchev–Trinajstić information content (AvgIpc) is 3.28. The number of hydrogen-bond donors (Lipinski definition) is 2. The number of H-pyrrole nitrogens is 1. The molecule has 0 saturated carbocycles. The summed E-state index contributed by atoms with van der Waals surface area (Å²) in [5.74, 6) is 1.14. The Balaban J connectivity index is 1.50. The molecule has 34 heavy (non-hydrogen) atoms. The topological polar surface area (TPSA) is 63.3 Å². The molecule has 4 aromatic rings. The largest absolute Gasteiger partial charge is 0.493 e. The van der Waals surface area contributed by atoms with Crippen LogP contribution in [-0.4, -0.2) is 31.7 Å². The van der Waals surface area contributed by atoms with Crippen LogP contribution in [0, 0.1) is 0 Å². The fraction of sp³-hybridized carbons (Fsp3) is 0.222. The summed E-state index contributed by atoms with van der Waals surface area (Å²) in [4.78, 5) is 16.3. The van der Waals surface area contributed by atoms with Crippen LogP contribution < -0.4 is 14.8 Å². The van der Waals surface area contributed by atoms with Crippen LogP contribution in [0.4, 0.5) is 0 Å². The van der Waals surface area contributed by atoms with E-state index in [4.69, 9.17) is 32.7 Å². The standard InChI is InChI=1S/C27H26Cl2N2O3/c1-33-25-10-7-17(13-26(25)34-2)11-12-30-27(32)15-20(18-8-9-22(28)23(29)14-18)21-16-31-24-6-4-3-5-19(21)24/h3-10,13-14,16,20,31H,11-12,15H2,1-2H3,(H,30,32). The molecule has 0 bridgehead atoms. The van der Waals surface area contributed by atoms with Crippen LogP contribution in [0.15, 0.2) is 66.9 Å². The van der Waals surface area contributed by atoms with Crippen molar-refractivity contribution in [3.8, 4) is 11.5 Å². The second-order valence-electron chi connectivity index (χ2n) is 8.01. The smallest absolute Gasteiger partial charge is 0.220 e. The van der Waals surface area contributed by atoms with Crippen LogP contribution in [0.2, 0.25) is 10.0 Å². The molecular formula is C27H26Cl2N2O3. The summed E-state index contributed by atoms with van der Waals surface area (Å²) >= 11 is 12.5. The molecule has 2 N–H and O–H groups in total. The van der Waals surface area contributed by atoms with Crippen molar-refractivity contribution in [3.63, 3.8) is 0 Å². The number of ether oxygens (including phenoxy) is 2. The molecule has 1 unspecified atom stereocenters. The molecule has 3 aromatic carbocycles. The summed E-state index contributed by atoms with van der Waals surface area (Å²) in [6.07, 6.45) is 2.93. The molecule has 0 fully saturated rings. The van der Waals surface area contributed by atoms with Crippen molar-refractivity contribution < 1.29 is 14.3 Å². The van der Waals surface area contributed by atoms with E-state index in [9.17, 15) is 4.79 Å². The first-order valence-corrected chi connectivity index (χ1v) is 11.7. The quantitative estimate of drug-likeness (QED) is 0.282. The van der Waals surface area contributed by atoms with Crippen LogP contribution in [0.3, 0.4) is 0 Å². The lowest BCUT2D eigenvalue weighted by Crippen LogP contribution is -2.27. The molecule has 0 aliphatic heterocycles. The predicted octanol–water partition coefficient (Wildman–Crippen LogP) is 6.37. The zero-order valence-electron chi connectivity index (χ0n) is 19.0. The first-order chi connectivity index (χ1) is 16.5. The third-order valence-corrected chi connectivity index (χ3v) is 6.66. The number of carbonyl (C=O) groups is 1. The Kier molecular flexibility index (Phi) is 7.66. The van der Waals surface area contributed by atoms with Gasteiger partial charge in [0.1, 0.15) is 0 Å². The number of aromatic nitrogens is 1. The minimum Gasteiger partial charge on any atom is -0.493 e. The third kappa shape index (κ3) is 5.32. The molecule has 7 heteroatoms. The van der Waals surface area contributed by atoms with Crippen LogP contribution in [0.5, 0.6) is 11.5 Å². The Morgan fingerprint density at radius 1 is 0.971 bits per heavy atom. The van der Waals surface area contributed by atoms with E-state index in [1.807, 2.05) is 54.7 Å². The number of hydrogen-bond acceptors (Lipinski definition) is 3. The van der Waals surface area contributed by atoms with Gasteiger partial charge in [0.05, 0.1) is 24.3 Å². The van der Waals surface area contributed by atoms with Crippen molar-refractivity contribution in [2.75, 3.05) is 20.8 Å². The van der Waals surface area contributed by atoms with Crippen molar-refractivity contribution in [2.45, 2.75) is 18.8 Å². The first kappa shape index (κ1) is 24.0. The highest BCUT2D eigenvalue weighted by atomic mass is 35.5. The van der Waals surface area contributed by atoms with E-state index in [-0.39, 0.29) is 18.2 Å². The normalized spacial score (nSPS) is 11.9. The highest BCUT2D eigenvalue weighted by molar-refractivity contribution is 6.42. The Labute approximate surface area is 209 Å². The van der Waals surface area contributed by atoms with Gasteiger partial charge in [0.25, 0.3) is 0 Å². The maximum Gasteiger partial charge on any atom is 0.220 e. The van der Waals surface area contributed by atoms with Crippen molar-refractivity contribution in [1.29, 1.82) is 0 Å². The maximum absolute atomic E-state index is 13.0. The molecule has 0 saturated heterocycles. The minimum absolute atomic E-state index is 0.0400. The summed E-state index contributed by atoms with van der Waals surface area (Å²) in [7, 11) is 3.22. The van der Waals surface area contributed by atoms with Gasteiger partial charge in [-0.05, 0) is 53.4 Å². The Morgan fingerprint density at radius 2 is 1.76 bits per heavy atom. The van der Waals surface area contributed by atoms with Crippen molar-refractivity contribution in [2.24, 2.45) is 0 Å². The van der Waals surface area contributed by atoms with E-state index in [1.54, 1.807) is 20.3 Å². The lowest BCUT2D eigenvalue weighted by molar-refractivity contribution is -0.121. The van der Waals surface area contributed by atoms with E-state index in [1.165, 1.54) is 0 Å². The lowest BCUT2D eigenvalue weighted by atomic mass is 9.88. The minimum atomic E-state index is -0.174. The molecule has 176 valence electrons. The average molecular weight is 497 g/mol. The SMILES string of the molecule is COc1ccc(CCNC(=O)CC(c2ccc(Cl)c(Cl)c2)c2c[nH]c3ccccc23)cc1OC. The first-order valence-electron chi connectivity index (χ1n) is 11.0. The van der Waals surface area contributed by atoms with Gasteiger partial charge in [0.15, 0.2) is 11.5 Å². The zero-order chi connectivity index (χ0) is 24.1. The fourth-order valence-electron chi connectivity index (χ4n) is 4.16. The van der Waals surface area contributed by atoms with Crippen LogP contribution in [0.25, 0.3) is 10.9 Å². The highest BCUT2D eigenvalue weighted by Crippen LogP contribution is 2.36. The number of benzene rings is 3. The molecule has 0 aliphatic rings. The number of methoxy groups -OCH3 is 2. The number of aromatic amines is 1. The van der Waals surface area contributed by atoms with Gasteiger partial charge in [0, 0.05) is 36.0 Å². The Bertz CT molecular complexity index is 1300. The number of para-hydroxylation sites is 1. The molecule has 4 rings (SSSR count). The van der Waals surface area contributed by atoms with Gasteiger partial charge in [-0.1, -0.05) is 53.5 Å². The second kappa shape index (κ2) is 10.9. The monoisotopic (exact) mass is 496 g/mol. The molecule has 0 spiro atoms. The number of amides is 1. The highest BCUT2D eigenvalue weighted by Gasteiger charge is 2.22. The predicted molar refractivity (Wildman–Crippen MR) is 137 cm³/mol. The molecule has 0 radical (unpaired) electrons. The molecular weight excluding hydrogens is 471 g/mol. The van der Waals surface area contributed by atoms with Crippen LogP contribution in [0.1, 0.15) is 29.0 Å².